The Balaban J connectivity index is 0.00000200. The SMILES string of the molecule is Cl.O=C(Cc1ccc(F)cc1F)NCC1CCNCC1. The van der Waals surface area contributed by atoms with Gasteiger partial charge in [-0.2, -0.15) is 0 Å². The predicted octanol–water partition coefficient (Wildman–Crippen LogP) is 2.04. The lowest BCUT2D eigenvalue weighted by atomic mass is 9.98. The standard InChI is InChI=1S/C14H18F2N2O.ClH/c15-12-2-1-11(13(16)8-12)7-14(19)18-9-10-3-5-17-6-4-10;/h1-2,8,10,17H,3-7,9H2,(H,18,19);1H. The van der Waals surface area contributed by atoms with E-state index in [1.807, 2.05) is 0 Å². The van der Waals surface area contributed by atoms with Gasteiger partial charge in [0, 0.05) is 12.6 Å². The van der Waals surface area contributed by atoms with Crippen LogP contribution in [0.5, 0.6) is 0 Å². The summed E-state index contributed by atoms with van der Waals surface area (Å²) in [6.45, 7) is 2.59. The van der Waals surface area contributed by atoms with Crippen molar-refractivity contribution >= 4 is 18.3 Å². The first kappa shape index (κ1) is 16.9. The second-order valence-corrected chi connectivity index (χ2v) is 4.91. The van der Waals surface area contributed by atoms with Gasteiger partial charge >= 0.3 is 0 Å². The van der Waals surface area contributed by atoms with Gasteiger partial charge in [-0.3, -0.25) is 4.79 Å². The van der Waals surface area contributed by atoms with Crippen LogP contribution in [0.3, 0.4) is 0 Å². The van der Waals surface area contributed by atoms with E-state index in [-0.39, 0.29) is 30.3 Å². The lowest BCUT2D eigenvalue weighted by molar-refractivity contribution is -0.120. The molecule has 0 radical (unpaired) electrons. The van der Waals surface area contributed by atoms with Gasteiger partial charge in [0.15, 0.2) is 0 Å². The van der Waals surface area contributed by atoms with E-state index in [1.165, 1.54) is 12.1 Å². The zero-order valence-electron chi connectivity index (χ0n) is 11.1. The lowest BCUT2D eigenvalue weighted by Crippen LogP contribution is -2.36. The van der Waals surface area contributed by atoms with Crippen LogP contribution in [0.15, 0.2) is 18.2 Å². The average Bonchev–Trinajstić information content (AvgIpc) is 2.41. The van der Waals surface area contributed by atoms with Gasteiger partial charge in [0.1, 0.15) is 11.6 Å². The van der Waals surface area contributed by atoms with Crippen LogP contribution >= 0.6 is 12.4 Å². The summed E-state index contributed by atoms with van der Waals surface area (Å²) in [4.78, 5) is 11.7. The van der Waals surface area contributed by atoms with Crippen LogP contribution in [0.1, 0.15) is 18.4 Å². The van der Waals surface area contributed by atoms with Gasteiger partial charge in [-0.25, -0.2) is 8.78 Å². The Morgan fingerprint density at radius 3 is 2.65 bits per heavy atom. The summed E-state index contributed by atoms with van der Waals surface area (Å²) in [5.74, 6) is -1.03. The fourth-order valence-corrected chi connectivity index (χ4v) is 2.24. The van der Waals surface area contributed by atoms with Crippen molar-refractivity contribution in [3.8, 4) is 0 Å². The molecule has 2 N–H and O–H groups in total. The van der Waals surface area contributed by atoms with Crippen molar-refractivity contribution in [3.05, 3.63) is 35.4 Å². The summed E-state index contributed by atoms with van der Waals surface area (Å²) in [7, 11) is 0. The highest BCUT2D eigenvalue weighted by Crippen LogP contribution is 2.12. The van der Waals surface area contributed by atoms with Crippen molar-refractivity contribution < 1.29 is 13.6 Å². The number of hydrogen-bond acceptors (Lipinski definition) is 2. The second-order valence-electron chi connectivity index (χ2n) is 4.91. The number of nitrogens with one attached hydrogen (secondary N) is 2. The summed E-state index contributed by atoms with van der Waals surface area (Å²) in [5, 5.41) is 6.07. The number of carbonyl (C=O) groups excluding carboxylic acids is 1. The van der Waals surface area contributed by atoms with Crippen LogP contribution in [0.4, 0.5) is 8.78 Å². The van der Waals surface area contributed by atoms with Crippen molar-refractivity contribution in [1.29, 1.82) is 0 Å². The minimum absolute atomic E-state index is 0. The average molecular weight is 305 g/mol. The fraction of sp³-hybridized carbons (Fsp3) is 0.500. The molecule has 0 spiro atoms. The number of benzene rings is 1. The minimum Gasteiger partial charge on any atom is -0.356 e. The van der Waals surface area contributed by atoms with Crippen molar-refractivity contribution in [2.24, 2.45) is 5.92 Å². The summed E-state index contributed by atoms with van der Waals surface area (Å²) < 4.78 is 26.1. The third-order valence-corrected chi connectivity index (χ3v) is 3.41. The zero-order chi connectivity index (χ0) is 13.7. The first-order chi connectivity index (χ1) is 9.15. The molecule has 1 aromatic carbocycles. The number of hydrogen-bond donors (Lipinski definition) is 2. The summed E-state index contributed by atoms with van der Waals surface area (Å²) in [6, 6.07) is 3.28. The van der Waals surface area contributed by atoms with Crippen LogP contribution in [0.25, 0.3) is 0 Å². The third-order valence-electron chi connectivity index (χ3n) is 3.41. The van der Waals surface area contributed by atoms with E-state index in [1.54, 1.807) is 0 Å². The zero-order valence-corrected chi connectivity index (χ0v) is 11.9. The Hall–Kier alpha value is -1.20. The highest BCUT2D eigenvalue weighted by Gasteiger charge is 2.14. The van der Waals surface area contributed by atoms with E-state index >= 15 is 0 Å². The number of piperidine rings is 1. The Bertz CT molecular complexity index is 451. The second kappa shape index (κ2) is 8.17. The molecule has 1 aromatic rings. The Kier molecular flexibility index (Phi) is 6.88. The topological polar surface area (TPSA) is 41.1 Å². The molecule has 3 nitrogen and oxygen atoms in total. The monoisotopic (exact) mass is 304 g/mol. The quantitative estimate of drug-likeness (QED) is 0.894. The molecular formula is C14H19ClF2N2O. The van der Waals surface area contributed by atoms with Crippen LogP contribution in [0, 0.1) is 17.6 Å². The molecule has 1 aliphatic rings. The van der Waals surface area contributed by atoms with E-state index in [9.17, 15) is 13.6 Å². The molecule has 0 atom stereocenters. The Morgan fingerprint density at radius 1 is 1.30 bits per heavy atom. The van der Waals surface area contributed by atoms with E-state index in [4.69, 9.17) is 0 Å². The van der Waals surface area contributed by atoms with Crippen LogP contribution in [-0.2, 0) is 11.2 Å². The van der Waals surface area contributed by atoms with E-state index in [0.29, 0.717) is 12.5 Å². The number of rotatable bonds is 4. The van der Waals surface area contributed by atoms with Crippen LogP contribution in [-0.4, -0.2) is 25.5 Å². The lowest BCUT2D eigenvalue weighted by Gasteiger charge is -2.22. The molecule has 20 heavy (non-hydrogen) atoms. The molecule has 1 amide bonds. The molecule has 1 saturated heterocycles. The fourth-order valence-electron chi connectivity index (χ4n) is 2.24. The molecule has 2 rings (SSSR count). The molecule has 6 heteroatoms. The Morgan fingerprint density at radius 2 is 2.00 bits per heavy atom. The van der Waals surface area contributed by atoms with Gasteiger partial charge in [0.2, 0.25) is 5.91 Å². The largest absolute Gasteiger partial charge is 0.356 e. The van der Waals surface area contributed by atoms with Crippen molar-refractivity contribution in [3.63, 3.8) is 0 Å². The normalized spacial score (nSPS) is 15.5. The first-order valence-corrected chi connectivity index (χ1v) is 6.56. The molecule has 0 aromatic heterocycles. The highest BCUT2D eigenvalue weighted by molar-refractivity contribution is 5.85. The van der Waals surface area contributed by atoms with E-state index < -0.39 is 11.6 Å². The minimum atomic E-state index is -0.669. The Labute approximate surface area is 123 Å². The van der Waals surface area contributed by atoms with Crippen molar-refractivity contribution in [2.75, 3.05) is 19.6 Å². The number of amides is 1. The molecule has 112 valence electrons. The van der Waals surface area contributed by atoms with Gasteiger partial charge in [-0.05, 0) is 43.5 Å². The van der Waals surface area contributed by atoms with Crippen LogP contribution in [0.2, 0.25) is 0 Å². The molecule has 0 saturated carbocycles. The molecule has 1 fully saturated rings. The maximum Gasteiger partial charge on any atom is 0.224 e. The third kappa shape index (κ3) is 5.06. The number of carbonyl (C=O) groups is 1. The molecule has 0 unspecified atom stereocenters. The molecule has 1 heterocycles. The van der Waals surface area contributed by atoms with E-state index in [0.717, 1.165) is 32.0 Å². The molecule has 0 aliphatic carbocycles. The van der Waals surface area contributed by atoms with Gasteiger partial charge < -0.3 is 10.6 Å². The van der Waals surface area contributed by atoms with Crippen molar-refractivity contribution in [2.45, 2.75) is 19.3 Å². The predicted molar refractivity (Wildman–Crippen MR) is 75.9 cm³/mol. The smallest absolute Gasteiger partial charge is 0.224 e. The van der Waals surface area contributed by atoms with Gasteiger partial charge in [-0.1, -0.05) is 6.07 Å². The van der Waals surface area contributed by atoms with E-state index in [2.05, 4.69) is 10.6 Å². The molecular weight excluding hydrogens is 286 g/mol. The van der Waals surface area contributed by atoms with Crippen molar-refractivity contribution in [1.82, 2.24) is 10.6 Å². The first-order valence-electron chi connectivity index (χ1n) is 6.56. The summed E-state index contributed by atoms with van der Waals surface area (Å²) in [5.41, 5.74) is 0.226. The number of halogens is 3. The van der Waals surface area contributed by atoms with Crippen LogP contribution < -0.4 is 10.6 Å². The maximum atomic E-state index is 13.4. The summed E-state index contributed by atoms with van der Waals surface area (Å²) >= 11 is 0. The van der Waals surface area contributed by atoms with Gasteiger partial charge in [-0.15, -0.1) is 12.4 Å². The van der Waals surface area contributed by atoms with Gasteiger partial charge in [0.05, 0.1) is 6.42 Å². The highest BCUT2D eigenvalue weighted by atomic mass is 35.5. The molecule has 1 aliphatic heterocycles. The maximum absolute atomic E-state index is 13.4. The summed E-state index contributed by atoms with van der Waals surface area (Å²) in [6.07, 6.45) is 2.05. The van der Waals surface area contributed by atoms with Gasteiger partial charge in [0.25, 0.3) is 0 Å². The molecule has 0 bridgehead atoms.